The van der Waals surface area contributed by atoms with E-state index in [1.165, 1.54) is 5.56 Å². The molecule has 2 aromatic heterocycles. The zero-order valence-corrected chi connectivity index (χ0v) is 16.6. The summed E-state index contributed by atoms with van der Waals surface area (Å²) in [7, 11) is 0. The second kappa shape index (κ2) is 7.51. The summed E-state index contributed by atoms with van der Waals surface area (Å²) in [6, 6.07) is 14.4. The maximum absolute atomic E-state index is 9.18. The molecule has 1 aliphatic rings. The number of nitrogens with zero attached hydrogens (tertiary/aromatic N) is 4. The van der Waals surface area contributed by atoms with Crippen LogP contribution in [0.1, 0.15) is 24.5 Å². The Morgan fingerprint density at radius 2 is 2.07 bits per heavy atom. The molecule has 0 saturated carbocycles. The molecule has 2 heterocycles. The Kier molecular flexibility index (Phi) is 4.55. The number of hydrogen-bond donors (Lipinski definition) is 3. The number of anilines is 3. The van der Waals surface area contributed by atoms with Crippen molar-refractivity contribution < 1.29 is 5.21 Å². The average molecular weight is 398 g/mol. The van der Waals surface area contributed by atoms with Crippen LogP contribution in [0.4, 0.5) is 17.2 Å². The average Bonchev–Trinajstić information content (AvgIpc) is 3.35. The highest BCUT2D eigenvalue weighted by molar-refractivity contribution is 6.04. The van der Waals surface area contributed by atoms with Crippen molar-refractivity contribution >= 4 is 28.6 Å². The molecule has 7 nitrogen and oxygen atoms in total. The zero-order valence-electron chi connectivity index (χ0n) is 16.6. The molecule has 30 heavy (non-hydrogen) atoms. The smallest absolute Gasteiger partial charge is 0.157 e. The number of benzene rings is 2. The van der Waals surface area contributed by atoms with E-state index in [1.54, 1.807) is 12.4 Å². The molecule has 0 spiro atoms. The molecule has 7 heteroatoms. The molecule has 3 N–H and O–H groups in total. The molecule has 4 aromatic rings. The first-order chi connectivity index (χ1) is 14.8. The van der Waals surface area contributed by atoms with Gasteiger partial charge in [-0.3, -0.25) is 9.38 Å². The van der Waals surface area contributed by atoms with E-state index in [9.17, 15) is 5.21 Å². The van der Waals surface area contributed by atoms with Gasteiger partial charge in [-0.05, 0) is 49.6 Å². The Morgan fingerprint density at radius 3 is 2.93 bits per heavy atom. The van der Waals surface area contributed by atoms with Gasteiger partial charge in [0, 0.05) is 41.4 Å². The minimum atomic E-state index is 0.748. The summed E-state index contributed by atoms with van der Waals surface area (Å²) < 4.78 is 2.01. The van der Waals surface area contributed by atoms with E-state index in [-0.39, 0.29) is 0 Å². The number of imidazole rings is 1. The topological polar surface area (TPSA) is 86.8 Å². The van der Waals surface area contributed by atoms with Gasteiger partial charge in [0.1, 0.15) is 11.5 Å². The molecule has 0 fully saturated rings. The van der Waals surface area contributed by atoms with Crippen molar-refractivity contribution in [3.05, 3.63) is 72.2 Å². The van der Waals surface area contributed by atoms with E-state index < -0.39 is 0 Å². The first-order valence-corrected chi connectivity index (χ1v) is 10.0. The minimum Gasteiger partial charge on any atom is -0.411 e. The highest BCUT2D eigenvalue weighted by atomic mass is 16.4. The number of oxime groups is 1. The van der Waals surface area contributed by atoms with E-state index >= 15 is 0 Å². The van der Waals surface area contributed by atoms with Crippen LogP contribution < -0.4 is 10.6 Å². The van der Waals surface area contributed by atoms with E-state index in [2.05, 4.69) is 52.0 Å². The predicted molar refractivity (Wildman–Crippen MR) is 119 cm³/mol. The predicted octanol–water partition coefficient (Wildman–Crippen LogP) is 4.70. The summed E-state index contributed by atoms with van der Waals surface area (Å²) in [6.07, 6.45) is 7.06. The van der Waals surface area contributed by atoms with Crippen LogP contribution in [-0.2, 0) is 6.42 Å². The van der Waals surface area contributed by atoms with E-state index in [4.69, 9.17) is 4.98 Å². The Balaban J connectivity index is 1.59. The van der Waals surface area contributed by atoms with Gasteiger partial charge in [0.2, 0.25) is 0 Å². The van der Waals surface area contributed by atoms with Crippen LogP contribution in [0, 0.1) is 0 Å². The van der Waals surface area contributed by atoms with Crippen LogP contribution in [0.15, 0.2) is 66.2 Å². The van der Waals surface area contributed by atoms with Crippen molar-refractivity contribution in [1.82, 2.24) is 14.4 Å². The van der Waals surface area contributed by atoms with Crippen molar-refractivity contribution in [1.29, 1.82) is 0 Å². The van der Waals surface area contributed by atoms with Crippen LogP contribution >= 0.6 is 0 Å². The second-order valence-corrected chi connectivity index (χ2v) is 7.27. The maximum atomic E-state index is 9.18. The van der Waals surface area contributed by atoms with Gasteiger partial charge in [-0.1, -0.05) is 23.4 Å². The van der Waals surface area contributed by atoms with Crippen molar-refractivity contribution in [2.45, 2.75) is 19.8 Å². The lowest BCUT2D eigenvalue weighted by atomic mass is 10.1. The molecule has 2 aromatic carbocycles. The van der Waals surface area contributed by atoms with Crippen LogP contribution in [0.2, 0.25) is 0 Å². The molecular formula is C23H22N6O. The fraction of sp³-hybridized carbons (Fsp3) is 0.174. The Bertz CT molecular complexity index is 1260. The van der Waals surface area contributed by atoms with Crippen LogP contribution in [0.5, 0.6) is 0 Å². The largest absolute Gasteiger partial charge is 0.411 e. The number of fused-ring (bicyclic) bond motifs is 2. The lowest BCUT2D eigenvalue weighted by Gasteiger charge is -2.11. The molecule has 150 valence electrons. The Morgan fingerprint density at radius 1 is 1.13 bits per heavy atom. The molecule has 0 radical (unpaired) electrons. The number of aromatic nitrogens is 3. The van der Waals surface area contributed by atoms with Crippen LogP contribution in [-0.4, -0.2) is 31.8 Å². The van der Waals surface area contributed by atoms with Gasteiger partial charge in [0.25, 0.3) is 0 Å². The monoisotopic (exact) mass is 398 g/mol. The fourth-order valence-corrected chi connectivity index (χ4v) is 4.00. The molecule has 0 bridgehead atoms. The first kappa shape index (κ1) is 18.2. The number of rotatable bonds is 5. The van der Waals surface area contributed by atoms with E-state index in [0.29, 0.717) is 0 Å². The fourth-order valence-electron chi connectivity index (χ4n) is 4.00. The molecule has 1 aliphatic carbocycles. The van der Waals surface area contributed by atoms with Gasteiger partial charge >= 0.3 is 0 Å². The van der Waals surface area contributed by atoms with Gasteiger partial charge in [-0.2, -0.15) is 0 Å². The lowest BCUT2D eigenvalue weighted by Crippen LogP contribution is -2.00. The SMILES string of the molecule is CCNc1cccc(-c2nc3cnccn3c2Nc2ccc3c(c2)CC/C3=N\O)c1. The van der Waals surface area contributed by atoms with Gasteiger partial charge in [-0.25, -0.2) is 4.98 Å². The van der Waals surface area contributed by atoms with Gasteiger partial charge < -0.3 is 15.8 Å². The van der Waals surface area contributed by atoms with E-state index in [1.807, 2.05) is 28.8 Å². The highest BCUT2D eigenvalue weighted by Gasteiger charge is 2.20. The third kappa shape index (κ3) is 3.14. The molecule has 0 atom stereocenters. The minimum absolute atomic E-state index is 0.748. The molecule has 0 amide bonds. The third-order valence-electron chi connectivity index (χ3n) is 5.38. The zero-order chi connectivity index (χ0) is 20.5. The van der Waals surface area contributed by atoms with Crippen LogP contribution in [0.3, 0.4) is 0 Å². The van der Waals surface area contributed by atoms with E-state index in [0.717, 1.165) is 64.8 Å². The van der Waals surface area contributed by atoms with Gasteiger partial charge in [0.15, 0.2) is 5.65 Å². The number of aryl methyl sites for hydroxylation is 1. The summed E-state index contributed by atoms with van der Waals surface area (Å²) in [4.78, 5) is 9.06. The highest BCUT2D eigenvalue weighted by Crippen LogP contribution is 2.33. The molecular weight excluding hydrogens is 376 g/mol. The lowest BCUT2D eigenvalue weighted by molar-refractivity contribution is 0.318. The number of nitrogens with one attached hydrogen (secondary N) is 2. The summed E-state index contributed by atoms with van der Waals surface area (Å²) >= 11 is 0. The first-order valence-electron chi connectivity index (χ1n) is 10.0. The van der Waals surface area contributed by atoms with Gasteiger partial charge in [-0.15, -0.1) is 0 Å². The number of hydrogen-bond acceptors (Lipinski definition) is 6. The molecule has 5 rings (SSSR count). The molecule has 0 aliphatic heterocycles. The standard InChI is InChI=1S/C23H22N6O/c1-2-25-17-5-3-4-16(13-17)22-23(29-11-10-24-14-21(29)27-22)26-18-7-8-19-15(12-18)6-9-20(19)28-30/h3-5,7-8,10-14,25-26,30H,2,6,9H2,1H3/b28-20+. The summed E-state index contributed by atoms with van der Waals surface area (Å²) in [6.45, 7) is 2.94. The van der Waals surface area contributed by atoms with Crippen molar-refractivity contribution in [2.24, 2.45) is 5.16 Å². The third-order valence-corrected chi connectivity index (χ3v) is 5.38. The maximum Gasteiger partial charge on any atom is 0.157 e. The normalized spacial score (nSPS) is 14.2. The second-order valence-electron chi connectivity index (χ2n) is 7.27. The Hall–Kier alpha value is -3.87. The van der Waals surface area contributed by atoms with Crippen molar-refractivity contribution in [3.8, 4) is 11.3 Å². The summed E-state index contributed by atoms with van der Waals surface area (Å²) in [5.41, 5.74) is 7.64. The molecule has 0 saturated heterocycles. The van der Waals surface area contributed by atoms with Crippen molar-refractivity contribution in [3.63, 3.8) is 0 Å². The molecule has 0 unspecified atom stereocenters. The summed E-state index contributed by atoms with van der Waals surface area (Å²) in [5, 5.41) is 19.5. The van der Waals surface area contributed by atoms with Gasteiger partial charge in [0.05, 0.1) is 11.9 Å². The van der Waals surface area contributed by atoms with Crippen LogP contribution in [0.25, 0.3) is 16.9 Å². The quantitative estimate of drug-likeness (QED) is 0.335. The Labute approximate surface area is 174 Å². The summed E-state index contributed by atoms with van der Waals surface area (Å²) in [5.74, 6) is 0.884. The van der Waals surface area contributed by atoms with Crippen molar-refractivity contribution in [2.75, 3.05) is 17.2 Å².